The number of nitrogens with one attached hydrogen (secondary N) is 1. The van der Waals surface area contributed by atoms with E-state index < -0.39 is 24.9 Å². The van der Waals surface area contributed by atoms with Crippen LogP contribution in [-0.4, -0.2) is 43.8 Å². The predicted molar refractivity (Wildman–Crippen MR) is 41.9 cm³/mol. The van der Waals surface area contributed by atoms with E-state index in [1.807, 2.05) is 0 Å². The third kappa shape index (κ3) is 7.61. The van der Waals surface area contributed by atoms with Gasteiger partial charge in [0, 0.05) is 13.7 Å². The second kappa shape index (κ2) is 5.82. The number of carboxylic acid groups (broad SMARTS) is 1. The van der Waals surface area contributed by atoms with Gasteiger partial charge in [0.2, 0.25) is 0 Å². The second-order valence-electron chi connectivity index (χ2n) is 2.60. The largest absolute Gasteiger partial charge is 0.481 e. The summed E-state index contributed by atoms with van der Waals surface area (Å²) in [5.41, 5.74) is 0. The molecule has 0 spiro atoms. The number of methoxy groups -OCH3 is 1. The zero-order valence-corrected chi connectivity index (χ0v) is 7.35. The van der Waals surface area contributed by atoms with Crippen LogP contribution in [0.2, 0.25) is 0 Å². The van der Waals surface area contributed by atoms with Gasteiger partial charge in [-0.2, -0.15) is 0 Å². The van der Waals surface area contributed by atoms with E-state index in [1.54, 1.807) is 0 Å². The van der Waals surface area contributed by atoms with Crippen LogP contribution in [0.5, 0.6) is 0 Å². The molecule has 78 valence electrons. The number of carbonyl (C=O) groups is 1. The third-order valence-electron chi connectivity index (χ3n) is 1.28. The van der Waals surface area contributed by atoms with Gasteiger partial charge in [-0.3, -0.25) is 4.79 Å². The van der Waals surface area contributed by atoms with Crippen molar-refractivity contribution in [3.63, 3.8) is 0 Å². The lowest BCUT2D eigenvalue weighted by atomic mass is 10.2. The highest BCUT2D eigenvalue weighted by Crippen LogP contribution is 2.16. The van der Waals surface area contributed by atoms with Gasteiger partial charge in [0.1, 0.15) is 6.42 Å². The van der Waals surface area contributed by atoms with Crippen molar-refractivity contribution in [2.24, 2.45) is 0 Å². The van der Waals surface area contributed by atoms with Crippen molar-refractivity contribution >= 4 is 5.97 Å². The molecule has 6 heteroatoms. The molecule has 0 heterocycles. The van der Waals surface area contributed by atoms with Crippen molar-refractivity contribution in [2.45, 2.75) is 12.3 Å². The summed E-state index contributed by atoms with van der Waals surface area (Å²) >= 11 is 0. The van der Waals surface area contributed by atoms with Gasteiger partial charge in [-0.05, 0) is 0 Å². The van der Waals surface area contributed by atoms with Gasteiger partial charge in [0.15, 0.2) is 0 Å². The third-order valence-corrected chi connectivity index (χ3v) is 1.28. The Kier molecular flexibility index (Phi) is 5.48. The molecule has 0 unspecified atom stereocenters. The summed E-state index contributed by atoms with van der Waals surface area (Å²) in [5.74, 6) is -4.70. The summed E-state index contributed by atoms with van der Waals surface area (Å²) in [5, 5.41) is 10.5. The van der Waals surface area contributed by atoms with Crippen LogP contribution in [-0.2, 0) is 9.53 Å². The molecule has 0 fully saturated rings. The molecule has 2 N–H and O–H groups in total. The average Bonchev–Trinajstić information content (AvgIpc) is 1.95. The quantitative estimate of drug-likeness (QED) is 0.577. The summed E-state index contributed by atoms with van der Waals surface area (Å²) in [4.78, 5) is 9.97. The minimum Gasteiger partial charge on any atom is -0.481 e. The smallest absolute Gasteiger partial charge is 0.309 e. The van der Waals surface area contributed by atoms with Crippen molar-refractivity contribution in [2.75, 3.05) is 26.8 Å². The van der Waals surface area contributed by atoms with Crippen molar-refractivity contribution in [1.82, 2.24) is 5.32 Å². The van der Waals surface area contributed by atoms with Gasteiger partial charge in [0.25, 0.3) is 5.92 Å². The molecule has 0 aromatic rings. The van der Waals surface area contributed by atoms with E-state index in [0.717, 1.165) is 0 Å². The zero-order valence-electron chi connectivity index (χ0n) is 7.35. The van der Waals surface area contributed by atoms with Gasteiger partial charge in [0.05, 0.1) is 13.2 Å². The van der Waals surface area contributed by atoms with Gasteiger partial charge in [-0.1, -0.05) is 0 Å². The molecule has 0 radical (unpaired) electrons. The molecule has 0 aliphatic carbocycles. The first-order valence-electron chi connectivity index (χ1n) is 3.77. The van der Waals surface area contributed by atoms with Crippen molar-refractivity contribution < 1.29 is 23.4 Å². The lowest BCUT2D eigenvalue weighted by Crippen LogP contribution is -2.36. The van der Waals surface area contributed by atoms with Crippen LogP contribution in [0.1, 0.15) is 6.42 Å². The summed E-state index contributed by atoms with van der Waals surface area (Å²) in [7, 11) is 1.46. The first kappa shape index (κ1) is 12.2. The lowest BCUT2D eigenvalue weighted by Gasteiger charge is -2.14. The molecular weight excluding hydrogens is 184 g/mol. The Bertz CT molecular complexity index is 164. The Morgan fingerprint density at radius 2 is 2.23 bits per heavy atom. The van der Waals surface area contributed by atoms with Gasteiger partial charge in [-0.25, -0.2) is 8.78 Å². The number of carboxylic acids is 1. The summed E-state index contributed by atoms with van der Waals surface area (Å²) < 4.78 is 29.8. The molecule has 0 amide bonds. The summed E-state index contributed by atoms with van der Waals surface area (Å²) in [6.45, 7) is -0.0302. The molecule has 0 saturated carbocycles. The number of hydrogen-bond donors (Lipinski definition) is 2. The zero-order chi connectivity index (χ0) is 10.3. The fraction of sp³-hybridized carbons (Fsp3) is 0.857. The minimum atomic E-state index is -3.19. The van der Waals surface area contributed by atoms with Crippen molar-refractivity contribution in [3.05, 3.63) is 0 Å². The van der Waals surface area contributed by atoms with Crippen LogP contribution in [0.4, 0.5) is 8.78 Å². The Morgan fingerprint density at radius 3 is 2.69 bits per heavy atom. The first-order valence-corrected chi connectivity index (χ1v) is 3.77. The highest BCUT2D eigenvalue weighted by atomic mass is 19.3. The predicted octanol–water partition coefficient (Wildman–Crippen LogP) is 0.332. The molecule has 0 rings (SSSR count). The Balaban J connectivity index is 3.56. The number of alkyl halides is 2. The van der Waals surface area contributed by atoms with Crippen LogP contribution in [0, 0.1) is 0 Å². The van der Waals surface area contributed by atoms with E-state index in [0.29, 0.717) is 6.61 Å². The molecule has 0 bridgehead atoms. The number of rotatable bonds is 7. The molecule has 0 aromatic carbocycles. The molecule has 0 aliphatic rings. The molecule has 0 atom stereocenters. The first-order chi connectivity index (χ1) is 5.98. The molecule has 4 nitrogen and oxygen atoms in total. The van der Waals surface area contributed by atoms with E-state index in [-0.39, 0.29) is 6.54 Å². The Labute approximate surface area is 74.9 Å². The number of ether oxygens (including phenoxy) is 1. The normalized spacial score (nSPS) is 11.6. The summed E-state index contributed by atoms with van der Waals surface area (Å²) in [6.07, 6.45) is -1.15. The van der Waals surface area contributed by atoms with Gasteiger partial charge in [-0.15, -0.1) is 0 Å². The number of aliphatic carboxylic acids is 1. The van der Waals surface area contributed by atoms with E-state index in [1.165, 1.54) is 7.11 Å². The van der Waals surface area contributed by atoms with Crippen molar-refractivity contribution in [3.8, 4) is 0 Å². The fourth-order valence-corrected chi connectivity index (χ4v) is 0.729. The van der Waals surface area contributed by atoms with E-state index in [2.05, 4.69) is 10.1 Å². The highest BCUT2D eigenvalue weighted by Gasteiger charge is 2.31. The second-order valence-corrected chi connectivity index (χ2v) is 2.60. The van der Waals surface area contributed by atoms with Crippen molar-refractivity contribution in [1.29, 1.82) is 0 Å². The fourth-order valence-electron chi connectivity index (χ4n) is 0.729. The van der Waals surface area contributed by atoms with Crippen LogP contribution < -0.4 is 5.32 Å². The summed E-state index contributed by atoms with van der Waals surface area (Å²) in [6, 6.07) is 0. The van der Waals surface area contributed by atoms with Gasteiger partial charge < -0.3 is 15.2 Å². The molecular formula is C7H13F2NO3. The standard InChI is InChI=1S/C7H13F2NO3/c1-13-3-2-10-5-7(8,9)4-6(11)12/h10H,2-5H2,1H3,(H,11,12). The number of hydrogen-bond acceptors (Lipinski definition) is 3. The maximum atomic E-state index is 12.6. The van der Waals surface area contributed by atoms with E-state index in [9.17, 15) is 13.6 Å². The minimum absolute atomic E-state index is 0.283. The maximum Gasteiger partial charge on any atom is 0.309 e. The topological polar surface area (TPSA) is 58.6 Å². The monoisotopic (exact) mass is 197 g/mol. The highest BCUT2D eigenvalue weighted by molar-refractivity contribution is 5.67. The number of halogens is 2. The molecule has 13 heavy (non-hydrogen) atoms. The van der Waals surface area contributed by atoms with Crippen LogP contribution >= 0.6 is 0 Å². The maximum absolute atomic E-state index is 12.6. The van der Waals surface area contributed by atoms with E-state index >= 15 is 0 Å². The van der Waals surface area contributed by atoms with Crippen LogP contribution in [0.15, 0.2) is 0 Å². The van der Waals surface area contributed by atoms with Gasteiger partial charge >= 0.3 is 5.97 Å². The van der Waals surface area contributed by atoms with E-state index in [4.69, 9.17) is 5.11 Å². The van der Waals surface area contributed by atoms with Crippen LogP contribution in [0.25, 0.3) is 0 Å². The SMILES string of the molecule is COCCNCC(F)(F)CC(=O)O. The Hall–Kier alpha value is -0.750. The molecule has 0 aromatic heterocycles. The average molecular weight is 197 g/mol. The molecule has 0 aliphatic heterocycles. The lowest BCUT2D eigenvalue weighted by molar-refractivity contribution is -0.144. The van der Waals surface area contributed by atoms with Crippen LogP contribution in [0.3, 0.4) is 0 Å². The molecule has 0 saturated heterocycles. The Morgan fingerprint density at radius 1 is 1.62 bits per heavy atom.